The third-order valence-corrected chi connectivity index (χ3v) is 4.75. The van der Waals surface area contributed by atoms with E-state index in [0.29, 0.717) is 18.4 Å². The van der Waals surface area contributed by atoms with Gasteiger partial charge in [0.05, 0.1) is 0 Å². The molecule has 116 valence electrons. The van der Waals surface area contributed by atoms with E-state index in [9.17, 15) is 9.90 Å². The molecule has 21 heavy (non-hydrogen) atoms. The van der Waals surface area contributed by atoms with Gasteiger partial charge in [-0.2, -0.15) is 0 Å². The first-order valence-electron chi connectivity index (χ1n) is 7.71. The minimum atomic E-state index is -1.01. The Kier molecular flexibility index (Phi) is 5.01. The van der Waals surface area contributed by atoms with Crippen LogP contribution in [0.1, 0.15) is 32.3 Å². The number of rotatable bonds is 6. The van der Waals surface area contributed by atoms with E-state index in [-0.39, 0.29) is 0 Å². The fourth-order valence-electron chi connectivity index (χ4n) is 3.48. The predicted molar refractivity (Wildman–Crippen MR) is 84.2 cm³/mol. The number of carbonyl (C=O) groups is 1. The fourth-order valence-corrected chi connectivity index (χ4v) is 3.48. The summed E-state index contributed by atoms with van der Waals surface area (Å²) in [7, 11) is 1.73. The Hall–Kier alpha value is -1.39. The van der Waals surface area contributed by atoms with Crippen LogP contribution in [0, 0.1) is 5.92 Å². The Labute approximate surface area is 127 Å². The number of nitrogens with zero attached hydrogens (tertiary/aromatic N) is 1. The number of carboxylic acid groups (broad SMARTS) is 1. The van der Waals surface area contributed by atoms with Gasteiger partial charge in [0, 0.05) is 19.1 Å². The molecule has 1 aromatic carbocycles. The minimum absolute atomic E-state index is 0.541. The normalized spacial score (nSPS) is 25.7. The smallest absolute Gasteiger partial charge is 0.328 e. The Morgan fingerprint density at radius 2 is 2.05 bits per heavy atom. The second kappa shape index (κ2) is 6.58. The summed E-state index contributed by atoms with van der Waals surface area (Å²) in [6.45, 7) is 6.35. The number of likely N-dealkylation sites (tertiary alicyclic amines) is 1. The molecule has 1 aliphatic heterocycles. The summed E-state index contributed by atoms with van der Waals surface area (Å²) < 4.78 is 0. The third-order valence-electron chi connectivity index (χ3n) is 4.75. The van der Waals surface area contributed by atoms with Gasteiger partial charge in [-0.3, -0.25) is 0 Å². The second-order valence-electron chi connectivity index (χ2n) is 6.26. The summed E-state index contributed by atoms with van der Waals surface area (Å²) in [4.78, 5) is 14.3. The van der Waals surface area contributed by atoms with Crippen LogP contribution in [0.5, 0.6) is 0 Å². The minimum Gasteiger partial charge on any atom is -0.480 e. The van der Waals surface area contributed by atoms with Crippen molar-refractivity contribution < 1.29 is 9.90 Å². The second-order valence-corrected chi connectivity index (χ2v) is 6.26. The van der Waals surface area contributed by atoms with Crippen LogP contribution in [0.15, 0.2) is 30.3 Å². The van der Waals surface area contributed by atoms with Crippen molar-refractivity contribution in [2.24, 2.45) is 5.92 Å². The molecule has 2 rings (SSSR count). The van der Waals surface area contributed by atoms with E-state index in [1.54, 1.807) is 7.05 Å². The molecule has 1 aromatic rings. The van der Waals surface area contributed by atoms with Crippen molar-refractivity contribution in [2.45, 2.75) is 38.3 Å². The molecule has 0 amide bonds. The molecule has 0 spiro atoms. The average Bonchev–Trinajstić information content (AvgIpc) is 2.79. The highest BCUT2D eigenvalue weighted by atomic mass is 16.4. The van der Waals surface area contributed by atoms with Crippen LogP contribution < -0.4 is 5.32 Å². The largest absolute Gasteiger partial charge is 0.480 e. The SMILES string of the molecule is CNC(CCN1CC(C)CC1C)(C(=O)O)c1ccccc1. The Balaban J connectivity index is 2.16. The van der Waals surface area contributed by atoms with Crippen LogP contribution >= 0.6 is 0 Å². The molecule has 0 aliphatic carbocycles. The van der Waals surface area contributed by atoms with Crippen molar-refractivity contribution in [2.75, 3.05) is 20.1 Å². The Morgan fingerprint density at radius 3 is 2.52 bits per heavy atom. The van der Waals surface area contributed by atoms with Crippen molar-refractivity contribution in [1.29, 1.82) is 0 Å². The highest BCUT2D eigenvalue weighted by molar-refractivity contribution is 5.80. The molecule has 1 fully saturated rings. The maximum Gasteiger partial charge on any atom is 0.328 e. The van der Waals surface area contributed by atoms with E-state index in [0.717, 1.165) is 18.7 Å². The van der Waals surface area contributed by atoms with Crippen molar-refractivity contribution >= 4 is 5.97 Å². The molecule has 1 aliphatic rings. The molecular weight excluding hydrogens is 264 g/mol. The van der Waals surface area contributed by atoms with Gasteiger partial charge in [-0.05, 0) is 38.3 Å². The molecule has 4 heteroatoms. The van der Waals surface area contributed by atoms with Crippen molar-refractivity contribution in [3.05, 3.63) is 35.9 Å². The summed E-state index contributed by atoms with van der Waals surface area (Å²) in [5, 5.41) is 12.8. The van der Waals surface area contributed by atoms with E-state index in [2.05, 4.69) is 24.1 Å². The summed E-state index contributed by atoms with van der Waals surface area (Å²) in [6.07, 6.45) is 1.77. The van der Waals surface area contributed by atoms with Gasteiger partial charge in [0.2, 0.25) is 0 Å². The van der Waals surface area contributed by atoms with Crippen LogP contribution in [0.25, 0.3) is 0 Å². The monoisotopic (exact) mass is 290 g/mol. The van der Waals surface area contributed by atoms with Crippen molar-refractivity contribution in [3.8, 4) is 0 Å². The van der Waals surface area contributed by atoms with E-state index in [4.69, 9.17) is 0 Å². The molecule has 0 saturated carbocycles. The number of hydrogen-bond donors (Lipinski definition) is 2. The molecule has 0 radical (unpaired) electrons. The molecule has 1 saturated heterocycles. The lowest BCUT2D eigenvalue weighted by molar-refractivity contribution is -0.145. The maximum atomic E-state index is 11.9. The van der Waals surface area contributed by atoms with E-state index < -0.39 is 11.5 Å². The molecule has 4 nitrogen and oxygen atoms in total. The lowest BCUT2D eigenvalue weighted by Crippen LogP contribution is -2.49. The van der Waals surface area contributed by atoms with Gasteiger partial charge in [0.25, 0.3) is 0 Å². The molecule has 3 unspecified atom stereocenters. The molecule has 0 bridgehead atoms. The molecule has 3 atom stereocenters. The number of carboxylic acids is 1. The fraction of sp³-hybridized carbons (Fsp3) is 0.588. The van der Waals surface area contributed by atoms with Crippen molar-refractivity contribution in [1.82, 2.24) is 10.2 Å². The van der Waals surface area contributed by atoms with E-state index >= 15 is 0 Å². The number of benzene rings is 1. The standard InChI is InChI=1S/C17H26N2O2/c1-13-11-14(2)19(12-13)10-9-17(18-3,16(20)21)15-7-5-4-6-8-15/h4-8,13-14,18H,9-12H2,1-3H3,(H,20,21). The molecule has 0 aromatic heterocycles. The van der Waals surface area contributed by atoms with Gasteiger partial charge < -0.3 is 15.3 Å². The van der Waals surface area contributed by atoms with Crippen LogP contribution in [0.4, 0.5) is 0 Å². The third kappa shape index (κ3) is 3.27. The van der Waals surface area contributed by atoms with Gasteiger partial charge in [0.15, 0.2) is 0 Å². The summed E-state index contributed by atoms with van der Waals surface area (Å²) in [5.74, 6) is -0.110. The quantitative estimate of drug-likeness (QED) is 0.844. The van der Waals surface area contributed by atoms with Crippen LogP contribution in [-0.2, 0) is 10.3 Å². The average molecular weight is 290 g/mol. The van der Waals surface area contributed by atoms with Gasteiger partial charge >= 0.3 is 5.97 Å². The molecular formula is C17H26N2O2. The Bertz CT molecular complexity index is 477. The first-order valence-corrected chi connectivity index (χ1v) is 7.71. The maximum absolute atomic E-state index is 11.9. The highest BCUT2D eigenvalue weighted by Gasteiger charge is 2.39. The topological polar surface area (TPSA) is 52.6 Å². The Morgan fingerprint density at radius 1 is 1.38 bits per heavy atom. The molecule has 2 N–H and O–H groups in total. The van der Waals surface area contributed by atoms with Gasteiger partial charge in [-0.15, -0.1) is 0 Å². The van der Waals surface area contributed by atoms with Gasteiger partial charge in [-0.25, -0.2) is 4.79 Å². The van der Waals surface area contributed by atoms with Gasteiger partial charge in [0.1, 0.15) is 5.54 Å². The van der Waals surface area contributed by atoms with Crippen LogP contribution in [0.3, 0.4) is 0 Å². The van der Waals surface area contributed by atoms with Gasteiger partial charge in [-0.1, -0.05) is 37.3 Å². The first-order chi connectivity index (χ1) is 9.99. The highest BCUT2D eigenvalue weighted by Crippen LogP contribution is 2.28. The van der Waals surface area contributed by atoms with Crippen molar-refractivity contribution in [3.63, 3.8) is 0 Å². The summed E-state index contributed by atoms with van der Waals surface area (Å²) in [6, 6.07) is 10.0. The zero-order chi connectivity index (χ0) is 15.5. The molecule has 1 heterocycles. The number of likely N-dealkylation sites (N-methyl/N-ethyl adjacent to an activating group) is 1. The zero-order valence-corrected chi connectivity index (χ0v) is 13.2. The number of aliphatic carboxylic acids is 1. The van der Waals surface area contributed by atoms with E-state index in [1.807, 2.05) is 30.3 Å². The first kappa shape index (κ1) is 16.0. The number of nitrogens with one attached hydrogen (secondary N) is 1. The number of hydrogen-bond acceptors (Lipinski definition) is 3. The lowest BCUT2D eigenvalue weighted by atomic mass is 9.86. The lowest BCUT2D eigenvalue weighted by Gasteiger charge is -2.32. The summed E-state index contributed by atoms with van der Waals surface area (Å²) >= 11 is 0. The predicted octanol–water partition coefficient (Wildman–Crippen LogP) is 2.31. The van der Waals surface area contributed by atoms with E-state index in [1.165, 1.54) is 6.42 Å². The summed E-state index contributed by atoms with van der Waals surface area (Å²) in [5.41, 5.74) is -0.188. The van der Waals surface area contributed by atoms with Crippen LogP contribution in [-0.4, -0.2) is 42.2 Å². The van der Waals surface area contributed by atoms with Crippen LogP contribution in [0.2, 0.25) is 0 Å². The zero-order valence-electron chi connectivity index (χ0n) is 13.2.